The first kappa shape index (κ1) is 39.6. The van der Waals surface area contributed by atoms with Gasteiger partial charge in [0.2, 0.25) is 17.6 Å². The van der Waals surface area contributed by atoms with Crippen LogP contribution in [0.15, 0.2) is 60.2 Å². The maximum absolute atomic E-state index is 15.4. The number of nitrogens with zero attached hydrogens (tertiary/aromatic N) is 5. The molecule has 4 aromatic rings. The molecule has 6 atom stereocenters. The zero-order valence-electron chi connectivity index (χ0n) is 30.0. The minimum atomic E-state index is -2.86. The van der Waals surface area contributed by atoms with Crippen LogP contribution in [0.5, 0.6) is 5.75 Å². The van der Waals surface area contributed by atoms with Crippen molar-refractivity contribution in [2.45, 2.75) is 28.5 Å². The van der Waals surface area contributed by atoms with Gasteiger partial charge in [0, 0.05) is 37.5 Å². The molecule has 304 valence electrons. The molecular formula is C38H24Cl2F5N5O9. The number of hydrogen-bond acceptors (Lipinski definition) is 10. The Hall–Kier alpha value is -6.21. The number of nitro benzene ring substituents is 2. The minimum absolute atomic E-state index is 0.0624. The van der Waals surface area contributed by atoms with Gasteiger partial charge in [0.05, 0.1) is 27.4 Å². The molecule has 0 aromatic heterocycles. The highest BCUT2D eigenvalue weighted by Crippen LogP contribution is 2.67. The normalized spacial score (nSPS) is 26.2. The fourth-order valence-electron chi connectivity index (χ4n) is 9.18. The van der Waals surface area contributed by atoms with Crippen LogP contribution in [-0.4, -0.2) is 62.4 Å². The fraction of sp³-hybridized carbons (Fsp3) is 0.263. The van der Waals surface area contributed by atoms with Crippen LogP contribution in [0, 0.1) is 67.1 Å². The Morgan fingerprint density at radius 2 is 1.34 bits per heavy atom. The molecule has 2 aliphatic carbocycles. The number of benzene rings is 4. The third-order valence-corrected chi connectivity index (χ3v) is 13.0. The van der Waals surface area contributed by atoms with Gasteiger partial charge in [0.25, 0.3) is 11.8 Å². The molecule has 2 aliphatic heterocycles. The van der Waals surface area contributed by atoms with Crippen molar-refractivity contribution in [1.82, 2.24) is 0 Å². The van der Waals surface area contributed by atoms with Gasteiger partial charge in [-0.15, -0.1) is 23.2 Å². The first-order valence-electron chi connectivity index (χ1n) is 17.4. The van der Waals surface area contributed by atoms with E-state index in [9.17, 15) is 57.7 Å². The molecule has 4 aromatic carbocycles. The van der Waals surface area contributed by atoms with Crippen LogP contribution in [0.2, 0.25) is 0 Å². The molecule has 3 fully saturated rings. The van der Waals surface area contributed by atoms with Crippen molar-refractivity contribution in [2.75, 3.05) is 28.8 Å². The smallest absolute Gasteiger partial charge is 0.301 e. The quantitative estimate of drug-likeness (QED) is 0.0313. The van der Waals surface area contributed by atoms with Gasteiger partial charge in [-0.25, -0.2) is 31.8 Å². The molecule has 0 bridgehead atoms. The molecule has 8 rings (SSSR count). The number of anilines is 3. The number of carbonyl (C=O) groups excluding carboxylic acids is 4. The van der Waals surface area contributed by atoms with E-state index in [4.69, 9.17) is 23.2 Å². The zero-order chi connectivity index (χ0) is 42.9. The molecule has 0 radical (unpaired) electrons. The summed E-state index contributed by atoms with van der Waals surface area (Å²) in [5.41, 5.74) is -4.41. The van der Waals surface area contributed by atoms with Gasteiger partial charge in [0.1, 0.15) is 11.4 Å². The number of aromatic hydroxyl groups is 1. The van der Waals surface area contributed by atoms with Gasteiger partial charge >= 0.3 is 11.4 Å². The molecule has 14 nitrogen and oxygen atoms in total. The molecule has 4 amide bonds. The molecule has 6 unspecified atom stereocenters. The van der Waals surface area contributed by atoms with Gasteiger partial charge in [-0.3, -0.25) is 39.4 Å². The first-order valence-corrected chi connectivity index (χ1v) is 18.2. The number of allylic oxidation sites excluding steroid dienone is 2. The Morgan fingerprint density at radius 3 is 1.90 bits per heavy atom. The average molecular weight is 861 g/mol. The van der Waals surface area contributed by atoms with Crippen LogP contribution < -0.4 is 14.7 Å². The van der Waals surface area contributed by atoms with Crippen LogP contribution in [-0.2, 0) is 19.2 Å². The largest absolute Gasteiger partial charge is 0.507 e. The van der Waals surface area contributed by atoms with Crippen molar-refractivity contribution in [2.24, 2.45) is 17.8 Å². The number of rotatable bonds is 6. The fourth-order valence-corrected chi connectivity index (χ4v) is 10.1. The SMILES string of the molecule is CN(C)c1c([N+](=O)[O-])cc(N2C(=O)C3CC=C4C(CC5(Cl)C(=O)N(c6c(F)c(F)c(F)c(F)c6F)C(=O)C5(Cl)C4c4ccc(O)c5ccccc45)C3C2=O)cc1[N+](=O)[O-]. The maximum Gasteiger partial charge on any atom is 0.301 e. The third kappa shape index (κ3) is 5.09. The number of fused-ring (bicyclic) bond motifs is 5. The van der Waals surface area contributed by atoms with Crippen LogP contribution >= 0.6 is 23.2 Å². The summed E-state index contributed by atoms with van der Waals surface area (Å²) in [4.78, 5) is 76.1. The van der Waals surface area contributed by atoms with E-state index in [1.807, 2.05) is 0 Å². The van der Waals surface area contributed by atoms with E-state index in [1.54, 1.807) is 6.07 Å². The van der Waals surface area contributed by atoms with Crippen molar-refractivity contribution in [1.29, 1.82) is 0 Å². The Labute approximate surface area is 337 Å². The molecule has 1 saturated carbocycles. The topological polar surface area (TPSA) is 185 Å². The summed E-state index contributed by atoms with van der Waals surface area (Å²) in [6, 6.07) is 10.2. The molecular weight excluding hydrogens is 836 g/mol. The molecule has 4 aliphatic rings. The van der Waals surface area contributed by atoms with Crippen molar-refractivity contribution in [3.05, 3.63) is 115 Å². The van der Waals surface area contributed by atoms with Crippen molar-refractivity contribution >= 4 is 86.0 Å². The van der Waals surface area contributed by atoms with Crippen LogP contribution in [0.1, 0.15) is 24.3 Å². The van der Waals surface area contributed by atoms with Gasteiger partial charge in [-0.2, -0.15) is 0 Å². The standard InChI is InChI=1S/C38H24Cl2F5N5O9/c1-46(2)31-21(49(56)57)11-14(12-22(31)50(58)59)47-33(52)19-8-7-18-20(24(19)34(47)53)13-37(39)35(54)48(32-29(44)27(42)26(41)28(43)30(32)45)36(55)38(37,40)25(18)17-9-10-23(51)16-6-4-3-5-15(16)17/h3-7,9-12,19-20,24-25,51H,8,13H2,1-2H3. The number of phenolic OH excluding ortho intramolecular Hbond substituents is 1. The van der Waals surface area contributed by atoms with E-state index in [1.165, 1.54) is 50.5 Å². The minimum Gasteiger partial charge on any atom is -0.507 e. The lowest BCUT2D eigenvalue weighted by molar-refractivity contribution is -0.392. The van der Waals surface area contributed by atoms with Crippen molar-refractivity contribution in [3.63, 3.8) is 0 Å². The number of halogens is 7. The van der Waals surface area contributed by atoms with Crippen LogP contribution in [0.25, 0.3) is 10.8 Å². The van der Waals surface area contributed by atoms with Crippen molar-refractivity contribution < 1.29 is 56.1 Å². The van der Waals surface area contributed by atoms with Gasteiger partial charge < -0.3 is 10.0 Å². The van der Waals surface area contributed by atoms with Gasteiger partial charge in [0.15, 0.2) is 38.7 Å². The Bertz CT molecular complexity index is 2660. The lowest BCUT2D eigenvalue weighted by atomic mass is 9.56. The zero-order valence-corrected chi connectivity index (χ0v) is 31.5. The van der Waals surface area contributed by atoms with Crippen molar-refractivity contribution in [3.8, 4) is 5.75 Å². The lowest BCUT2D eigenvalue weighted by Crippen LogP contribution is -2.60. The van der Waals surface area contributed by atoms with Crippen LogP contribution in [0.3, 0.4) is 0 Å². The van der Waals surface area contributed by atoms with E-state index < -0.39 is 131 Å². The number of nitro groups is 2. The number of alkyl halides is 2. The number of phenols is 1. The summed E-state index contributed by atoms with van der Waals surface area (Å²) in [5.74, 6) is -24.2. The number of carbonyl (C=O) groups is 4. The van der Waals surface area contributed by atoms with Gasteiger partial charge in [-0.1, -0.05) is 42.0 Å². The van der Waals surface area contributed by atoms with E-state index in [0.717, 1.165) is 17.0 Å². The van der Waals surface area contributed by atoms with Gasteiger partial charge in [-0.05, 0) is 35.8 Å². The highest BCUT2D eigenvalue weighted by molar-refractivity contribution is 6.58. The highest BCUT2D eigenvalue weighted by Gasteiger charge is 2.77. The van der Waals surface area contributed by atoms with Crippen LogP contribution in [0.4, 0.5) is 50.4 Å². The lowest BCUT2D eigenvalue weighted by Gasteiger charge is -2.51. The van der Waals surface area contributed by atoms with E-state index in [-0.39, 0.29) is 39.0 Å². The second-order valence-corrected chi connectivity index (χ2v) is 15.9. The second kappa shape index (κ2) is 13.2. The summed E-state index contributed by atoms with van der Waals surface area (Å²) < 4.78 is 74.3. The number of imide groups is 2. The Balaban J connectivity index is 1.34. The summed E-state index contributed by atoms with van der Waals surface area (Å²) in [6.07, 6.45) is 0.308. The molecule has 59 heavy (non-hydrogen) atoms. The summed E-state index contributed by atoms with van der Waals surface area (Å²) in [7, 11) is 2.61. The molecule has 0 spiro atoms. The number of amides is 4. The molecule has 21 heteroatoms. The molecule has 2 heterocycles. The molecule has 1 N–H and O–H groups in total. The molecule has 2 saturated heterocycles. The predicted molar refractivity (Wildman–Crippen MR) is 199 cm³/mol. The van der Waals surface area contributed by atoms with E-state index in [0.29, 0.717) is 4.90 Å². The van der Waals surface area contributed by atoms with E-state index >= 15 is 8.78 Å². The predicted octanol–water partition coefficient (Wildman–Crippen LogP) is 6.89. The highest BCUT2D eigenvalue weighted by atomic mass is 35.5. The Morgan fingerprint density at radius 1 is 0.780 bits per heavy atom. The maximum atomic E-state index is 15.4. The summed E-state index contributed by atoms with van der Waals surface area (Å²) in [5, 5.41) is 35.5. The Kier molecular flexibility index (Phi) is 8.83. The summed E-state index contributed by atoms with van der Waals surface area (Å²) >= 11 is 14.5. The third-order valence-electron chi connectivity index (χ3n) is 11.6. The summed E-state index contributed by atoms with van der Waals surface area (Å²) in [6.45, 7) is 0. The van der Waals surface area contributed by atoms with E-state index in [2.05, 4.69) is 0 Å². The average Bonchev–Trinajstić information content (AvgIpc) is 3.54. The number of hydrogen-bond donors (Lipinski definition) is 1. The first-order chi connectivity index (χ1) is 27.7. The monoisotopic (exact) mass is 859 g/mol. The second-order valence-electron chi connectivity index (χ2n) is 14.7.